The second kappa shape index (κ2) is 9.15. The fourth-order valence-corrected chi connectivity index (χ4v) is 4.12. The first kappa shape index (κ1) is 20.2. The molecular formula is C23H20ClN3O2S. The summed E-state index contributed by atoms with van der Waals surface area (Å²) < 4.78 is 6.07. The maximum absolute atomic E-state index is 12.7. The molecule has 0 aliphatic carbocycles. The lowest BCUT2D eigenvalue weighted by Crippen LogP contribution is -2.26. The Kier molecular flexibility index (Phi) is 6.16. The quantitative estimate of drug-likeness (QED) is 0.358. The van der Waals surface area contributed by atoms with E-state index >= 15 is 0 Å². The van der Waals surface area contributed by atoms with E-state index < -0.39 is 6.09 Å². The highest BCUT2D eigenvalue weighted by Crippen LogP contribution is 2.30. The lowest BCUT2D eigenvalue weighted by Gasteiger charge is -2.22. The van der Waals surface area contributed by atoms with Crippen molar-refractivity contribution in [2.24, 2.45) is 0 Å². The van der Waals surface area contributed by atoms with Crippen LogP contribution in [0.5, 0.6) is 0 Å². The second-order valence-electron chi connectivity index (χ2n) is 6.53. The van der Waals surface area contributed by atoms with Crippen molar-refractivity contribution in [3.63, 3.8) is 0 Å². The number of rotatable bonds is 6. The summed E-state index contributed by atoms with van der Waals surface area (Å²) in [6, 6.07) is 21.3. The van der Waals surface area contributed by atoms with Gasteiger partial charge in [-0.3, -0.25) is 4.98 Å². The number of hydrogen-bond acceptors (Lipinski definition) is 5. The van der Waals surface area contributed by atoms with Gasteiger partial charge in [0.15, 0.2) is 0 Å². The number of fused-ring (bicyclic) bond motifs is 1. The van der Waals surface area contributed by atoms with Crippen LogP contribution in [0.15, 0.2) is 72.9 Å². The average Bonchev–Trinajstić information content (AvgIpc) is 3.18. The number of carbonyl (C=O) groups excluding carboxylic acids is 1. The number of nitrogens with one attached hydrogen (secondary N) is 1. The van der Waals surface area contributed by atoms with Crippen LogP contribution in [0.4, 0.5) is 21.9 Å². The highest BCUT2D eigenvalue weighted by Gasteiger charge is 2.20. The molecule has 0 unspecified atom stereocenters. The van der Waals surface area contributed by atoms with Gasteiger partial charge in [-0.25, -0.2) is 9.69 Å². The second-order valence-corrected chi connectivity index (χ2v) is 8.33. The molecule has 0 fully saturated rings. The minimum absolute atomic E-state index is 0.291. The first-order valence-corrected chi connectivity index (χ1v) is 10.7. The van der Waals surface area contributed by atoms with Gasteiger partial charge in [-0.2, -0.15) is 0 Å². The molecule has 2 heterocycles. The van der Waals surface area contributed by atoms with Crippen LogP contribution < -0.4 is 10.2 Å². The van der Waals surface area contributed by atoms with Gasteiger partial charge in [-0.15, -0.1) is 11.3 Å². The number of aromatic nitrogens is 1. The average molecular weight is 438 g/mol. The smallest absolute Gasteiger partial charge is 0.418 e. The van der Waals surface area contributed by atoms with E-state index in [4.69, 9.17) is 16.3 Å². The van der Waals surface area contributed by atoms with E-state index in [0.717, 1.165) is 25.8 Å². The number of amides is 1. The van der Waals surface area contributed by atoms with Crippen molar-refractivity contribution >= 4 is 57.0 Å². The van der Waals surface area contributed by atoms with Crippen molar-refractivity contribution in [2.45, 2.75) is 13.5 Å². The SMILES string of the molecule is CCOC(=O)N(c1ccc(NCc2ccc(Cl)s2)cc1)c1cnc2ccccc2c1. The molecular weight excluding hydrogens is 418 g/mol. The zero-order valence-corrected chi connectivity index (χ0v) is 17.9. The van der Waals surface area contributed by atoms with Gasteiger partial charge < -0.3 is 10.1 Å². The predicted molar refractivity (Wildman–Crippen MR) is 124 cm³/mol. The molecule has 152 valence electrons. The molecule has 0 saturated heterocycles. The summed E-state index contributed by atoms with van der Waals surface area (Å²) in [4.78, 5) is 19.9. The van der Waals surface area contributed by atoms with Crippen LogP contribution in [0, 0.1) is 0 Å². The highest BCUT2D eigenvalue weighted by atomic mass is 35.5. The molecule has 0 saturated carbocycles. The Morgan fingerprint density at radius 3 is 2.63 bits per heavy atom. The predicted octanol–water partition coefficient (Wildman–Crippen LogP) is 6.86. The maximum Gasteiger partial charge on any atom is 0.418 e. The Morgan fingerprint density at radius 2 is 1.90 bits per heavy atom. The van der Waals surface area contributed by atoms with Crippen molar-refractivity contribution in [1.82, 2.24) is 4.98 Å². The van der Waals surface area contributed by atoms with Crippen LogP contribution in [0.1, 0.15) is 11.8 Å². The van der Waals surface area contributed by atoms with Crippen molar-refractivity contribution in [3.8, 4) is 0 Å². The van der Waals surface area contributed by atoms with Gasteiger partial charge in [0.05, 0.1) is 34.0 Å². The molecule has 0 spiro atoms. The summed E-state index contributed by atoms with van der Waals surface area (Å²) in [7, 11) is 0. The number of hydrogen-bond donors (Lipinski definition) is 1. The van der Waals surface area contributed by atoms with E-state index in [2.05, 4.69) is 10.3 Å². The van der Waals surface area contributed by atoms with Crippen molar-refractivity contribution in [2.75, 3.05) is 16.8 Å². The minimum Gasteiger partial charge on any atom is -0.449 e. The largest absolute Gasteiger partial charge is 0.449 e. The molecule has 4 rings (SSSR count). The molecule has 0 aliphatic heterocycles. The monoisotopic (exact) mass is 437 g/mol. The zero-order chi connectivity index (χ0) is 20.9. The standard InChI is InChI=1S/C23H20ClN3O2S/c1-2-29-23(28)27(19-13-16-5-3-4-6-21(16)26-14-19)18-9-7-17(8-10-18)25-15-20-11-12-22(24)30-20/h3-14,25H,2,15H2,1H3. The molecule has 0 aliphatic rings. The Bertz CT molecular complexity index is 1160. The summed E-state index contributed by atoms with van der Waals surface area (Å²) in [6.45, 7) is 2.77. The normalized spacial score (nSPS) is 10.7. The molecule has 1 amide bonds. The summed E-state index contributed by atoms with van der Waals surface area (Å²) in [5, 5.41) is 4.32. The molecule has 1 N–H and O–H groups in total. The first-order valence-electron chi connectivity index (χ1n) is 9.54. The van der Waals surface area contributed by atoms with Crippen LogP contribution in [0.2, 0.25) is 4.34 Å². The third kappa shape index (κ3) is 4.56. The van der Waals surface area contributed by atoms with Crippen molar-refractivity contribution in [3.05, 3.63) is 82.1 Å². The van der Waals surface area contributed by atoms with Gasteiger partial charge in [-0.1, -0.05) is 29.8 Å². The first-order chi connectivity index (χ1) is 14.6. The number of anilines is 3. The van der Waals surface area contributed by atoms with Crippen LogP contribution in [0.3, 0.4) is 0 Å². The third-order valence-corrected chi connectivity index (χ3v) is 5.74. The topological polar surface area (TPSA) is 54.5 Å². The van der Waals surface area contributed by atoms with Crippen molar-refractivity contribution < 1.29 is 9.53 Å². The molecule has 30 heavy (non-hydrogen) atoms. The van der Waals surface area contributed by atoms with Crippen LogP contribution in [-0.2, 0) is 11.3 Å². The van der Waals surface area contributed by atoms with Gasteiger partial charge in [0.25, 0.3) is 0 Å². The molecule has 0 radical (unpaired) electrons. The van der Waals surface area contributed by atoms with Gasteiger partial charge in [0, 0.05) is 22.5 Å². The van der Waals surface area contributed by atoms with Crippen LogP contribution in [0.25, 0.3) is 10.9 Å². The van der Waals surface area contributed by atoms with E-state index in [-0.39, 0.29) is 0 Å². The number of halogens is 1. The Balaban J connectivity index is 1.59. The van der Waals surface area contributed by atoms with Gasteiger partial charge in [0.2, 0.25) is 0 Å². The van der Waals surface area contributed by atoms with E-state index in [1.165, 1.54) is 4.90 Å². The summed E-state index contributed by atoms with van der Waals surface area (Å²) in [5.41, 5.74) is 3.18. The van der Waals surface area contributed by atoms with Gasteiger partial charge >= 0.3 is 6.09 Å². The number of para-hydroxylation sites is 1. The molecule has 4 aromatic rings. The Hall–Kier alpha value is -3.09. The number of ether oxygens (including phenoxy) is 1. The fraction of sp³-hybridized carbons (Fsp3) is 0.130. The van der Waals surface area contributed by atoms with E-state index in [0.29, 0.717) is 24.5 Å². The molecule has 7 heteroatoms. The van der Waals surface area contributed by atoms with E-state index in [1.807, 2.05) is 66.7 Å². The highest BCUT2D eigenvalue weighted by molar-refractivity contribution is 7.16. The minimum atomic E-state index is -0.441. The Labute approximate surface area is 183 Å². The van der Waals surface area contributed by atoms with Crippen molar-refractivity contribution in [1.29, 1.82) is 0 Å². The summed E-state index contributed by atoms with van der Waals surface area (Å²) in [6.07, 6.45) is 1.25. The fourth-order valence-electron chi connectivity index (χ4n) is 3.09. The lowest BCUT2D eigenvalue weighted by molar-refractivity contribution is 0.162. The molecule has 5 nitrogen and oxygen atoms in total. The summed E-state index contributed by atoms with van der Waals surface area (Å²) in [5.74, 6) is 0. The Morgan fingerprint density at radius 1 is 1.10 bits per heavy atom. The number of carbonyl (C=O) groups is 1. The molecule has 0 atom stereocenters. The van der Waals surface area contributed by atoms with Gasteiger partial charge in [-0.05, 0) is 55.5 Å². The van der Waals surface area contributed by atoms with E-state index in [1.54, 1.807) is 24.5 Å². The third-order valence-electron chi connectivity index (χ3n) is 4.51. The molecule has 0 bridgehead atoms. The maximum atomic E-state index is 12.7. The number of benzene rings is 2. The molecule has 2 aromatic heterocycles. The zero-order valence-electron chi connectivity index (χ0n) is 16.3. The number of pyridine rings is 1. The van der Waals surface area contributed by atoms with Crippen LogP contribution >= 0.6 is 22.9 Å². The lowest BCUT2D eigenvalue weighted by atomic mass is 10.2. The van der Waals surface area contributed by atoms with Crippen LogP contribution in [-0.4, -0.2) is 17.7 Å². The van der Waals surface area contributed by atoms with Gasteiger partial charge in [0.1, 0.15) is 0 Å². The van der Waals surface area contributed by atoms with E-state index in [9.17, 15) is 4.79 Å². The number of nitrogens with zero attached hydrogens (tertiary/aromatic N) is 2. The number of thiophene rings is 1. The molecule has 2 aromatic carbocycles. The summed E-state index contributed by atoms with van der Waals surface area (Å²) >= 11 is 7.53.